The van der Waals surface area contributed by atoms with Gasteiger partial charge in [-0.15, -0.1) is 0 Å². The van der Waals surface area contributed by atoms with E-state index in [4.69, 9.17) is 5.11 Å². The Bertz CT molecular complexity index is 885. The molecule has 4 nitrogen and oxygen atoms in total. The average molecular weight is 403 g/mol. The number of amides is 1. The van der Waals surface area contributed by atoms with Crippen molar-refractivity contribution in [1.29, 1.82) is 0 Å². The number of rotatable bonds is 4. The lowest BCUT2D eigenvalue weighted by Crippen LogP contribution is -2.27. The van der Waals surface area contributed by atoms with Gasteiger partial charge in [-0.05, 0) is 42.0 Å². The van der Waals surface area contributed by atoms with Crippen LogP contribution in [0, 0.1) is 0 Å². The molecule has 148 valence electrons. The SMILES string of the molecule is O=C(O)/C(=C/c1cc(C(F)(F)F)cc(C(F)(F)F)c1)NC(=O)c1ccccc1. The Kier molecular flexibility index (Phi) is 5.81. The lowest BCUT2D eigenvalue weighted by Gasteiger charge is -2.13. The topological polar surface area (TPSA) is 66.4 Å². The molecule has 0 saturated carbocycles. The zero-order valence-electron chi connectivity index (χ0n) is 13.7. The fourth-order valence-electron chi connectivity index (χ4n) is 2.16. The van der Waals surface area contributed by atoms with E-state index in [-0.39, 0.29) is 11.6 Å². The molecule has 0 aromatic heterocycles. The summed E-state index contributed by atoms with van der Waals surface area (Å²) in [6.07, 6.45) is -9.64. The number of aliphatic carboxylic acids is 1. The summed E-state index contributed by atoms with van der Waals surface area (Å²) in [5.74, 6) is -2.63. The van der Waals surface area contributed by atoms with Crippen molar-refractivity contribution in [1.82, 2.24) is 5.32 Å². The maximum absolute atomic E-state index is 12.9. The van der Waals surface area contributed by atoms with Crippen molar-refractivity contribution < 1.29 is 41.0 Å². The summed E-state index contributed by atoms with van der Waals surface area (Å²) in [6, 6.07) is 7.89. The second-order valence-electron chi connectivity index (χ2n) is 5.52. The molecule has 0 aliphatic carbocycles. The Morgan fingerprint density at radius 2 is 1.36 bits per heavy atom. The molecule has 0 aliphatic rings. The zero-order valence-corrected chi connectivity index (χ0v) is 13.7. The monoisotopic (exact) mass is 403 g/mol. The number of halogens is 6. The first kappa shape index (κ1) is 21.0. The highest BCUT2D eigenvalue weighted by molar-refractivity contribution is 6.02. The Morgan fingerprint density at radius 3 is 1.79 bits per heavy atom. The number of nitrogens with one attached hydrogen (secondary N) is 1. The van der Waals surface area contributed by atoms with Gasteiger partial charge in [-0.1, -0.05) is 18.2 Å². The first-order chi connectivity index (χ1) is 12.9. The Hall–Kier alpha value is -3.30. The van der Waals surface area contributed by atoms with Gasteiger partial charge in [0.1, 0.15) is 5.70 Å². The number of carbonyl (C=O) groups is 2. The van der Waals surface area contributed by atoms with Gasteiger partial charge in [0.2, 0.25) is 0 Å². The number of carboxylic acids is 1. The van der Waals surface area contributed by atoms with Gasteiger partial charge in [0.05, 0.1) is 11.1 Å². The lowest BCUT2D eigenvalue weighted by molar-refractivity contribution is -0.143. The molecule has 0 radical (unpaired) electrons. The molecule has 2 N–H and O–H groups in total. The van der Waals surface area contributed by atoms with Gasteiger partial charge in [0.25, 0.3) is 5.91 Å². The normalized spacial score (nSPS) is 12.6. The number of benzene rings is 2. The minimum absolute atomic E-state index is 0.0506. The summed E-state index contributed by atoms with van der Waals surface area (Å²) in [5.41, 5.74) is -4.73. The van der Waals surface area contributed by atoms with Crippen molar-refractivity contribution in [3.8, 4) is 0 Å². The van der Waals surface area contributed by atoms with Crippen LogP contribution in [0.1, 0.15) is 27.0 Å². The van der Waals surface area contributed by atoms with Gasteiger partial charge < -0.3 is 10.4 Å². The predicted octanol–water partition coefficient (Wildman–Crippen LogP) is 4.58. The van der Waals surface area contributed by atoms with Crippen LogP contribution in [0.5, 0.6) is 0 Å². The van der Waals surface area contributed by atoms with Gasteiger partial charge in [-0.2, -0.15) is 26.3 Å². The Morgan fingerprint density at radius 1 is 0.857 bits per heavy atom. The number of carboxylic acid groups (broad SMARTS) is 1. The van der Waals surface area contributed by atoms with Gasteiger partial charge >= 0.3 is 18.3 Å². The molecule has 0 unspecified atom stereocenters. The van der Waals surface area contributed by atoms with Gasteiger partial charge in [-0.25, -0.2) is 4.79 Å². The van der Waals surface area contributed by atoms with Gasteiger partial charge in [0, 0.05) is 5.56 Å². The van der Waals surface area contributed by atoms with Crippen LogP contribution in [-0.4, -0.2) is 17.0 Å². The molecule has 1 amide bonds. The maximum Gasteiger partial charge on any atom is 0.416 e. The van der Waals surface area contributed by atoms with Crippen LogP contribution < -0.4 is 5.32 Å². The number of alkyl halides is 6. The van der Waals surface area contributed by atoms with Crippen LogP contribution in [-0.2, 0) is 17.1 Å². The molecule has 0 saturated heterocycles. The van der Waals surface area contributed by atoms with Crippen LogP contribution in [0.15, 0.2) is 54.2 Å². The quantitative estimate of drug-likeness (QED) is 0.580. The second kappa shape index (κ2) is 7.75. The molecule has 0 bridgehead atoms. The lowest BCUT2D eigenvalue weighted by atomic mass is 10.0. The second-order valence-corrected chi connectivity index (χ2v) is 5.52. The smallest absolute Gasteiger partial charge is 0.416 e. The molecule has 2 rings (SSSR count). The summed E-state index contributed by atoms with van der Waals surface area (Å²) >= 11 is 0. The highest BCUT2D eigenvalue weighted by Crippen LogP contribution is 2.36. The highest BCUT2D eigenvalue weighted by Gasteiger charge is 2.36. The highest BCUT2D eigenvalue weighted by atomic mass is 19.4. The zero-order chi connectivity index (χ0) is 21.1. The van der Waals surface area contributed by atoms with Crippen LogP contribution in [0.4, 0.5) is 26.3 Å². The molecule has 0 aliphatic heterocycles. The third kappa shape index (κ3) is 5.35. The standard InChI is InChI=1S/C18H11F6NO3/c19-17(20,21)12-6-10(7-13(9-12)18(22,23)24)8-14(16(27)28)25-15(26)11-4-2-1-3-5-11/h1-9H,(H,25,26)(H,27,28)/b14-8-. The van der Waals surface area contributed by atoms with E-state index in [0.717, 1.165) is 0 Å². The number of hydrogen-bond donors (Lipinski definition) is 2. The minimum Gasteiger partial charge on any atom is -0.477 e. The van der Waals surface area contributed by atoms with E-state index in [2.05, 4.69) is 0 Å². The Balaban J connectivity index is 2.49. The van der Waals surface area contributed by atoms with E-state index in [1.807, 2.05) is 5.32 Å². The summed E-state index contributed by atoms with van der Waals surface area (Å²) in [7, 11) is 0. The molecule has 2 aromatic rings. The number of hydrogen-bond acceptors (Lipinski definition) is 2. The van der Waals surface area contributed by atoms with Crippen molar-refractivity contribution in [2.75, 3.05) is 0 Å². The van der Waals surface area contributed by atoms with E-state index in [1.165, 1.54) is 24.3 Å². The van der Waals surface area contributed by atoms with E-state index in [9.17, 15) is 35.9 Å². The molecule has 0 spiro atoms. The van der Waals surface area contributed by atoms with E-state index >= 15 is 0 Å². The number of carbonyl (C=O) groups excluding carboxylic acids is 1. The van der Waals surface area contributed by atoms with Crippen LogP contribution in [0.2, 0.25) is 0 Å². The minimum atomic E-state index is -5.08. The largest absolute Gasteiger partial charge is 0.477 e. The molecule has 0 heterocycles. The third-order valence-corrected chi connectivity index (χ3v) is 3.44. The molecule has 10 heteroatoms. The fourth-order valence-corrected chi connectivity index (χ4v) is 2.16. The van der Waals surface area contributed by atoms with Crippen molar-refractivity contribution in [3.05, 3.63) is 76.5 Å². The molecule has 2 aromatic carbocycles. The molecule has 0 atom stereocenters. The third-order valence-electron chi connectivity index (χ3n) is 3.44. The van der Waals surface area contributed by atoms with E-state index < -0.39 is 46.6 Å². The van der Waals surface area contributed by atoms with Crippen molar-refractivity contribution in [3.63, 3.8) is 0 Å². The average Bonchev–Trinajstić information content (AvgIpc) is 2.60. The molecular formula is C18H11F6NO3. The van der Waals surface area contributed by atoms with E-state index in [0.29, 0.717) is 18.2 Å². The first-order valence-electron chi connectivity index (χ1n) is 7.49. The molecule has 0 fully saturated rings. The Labute approximate surface area is 154 Å². The van der Waals surface area contributed by atoms with Crippen LogP contribution in [0.3, 0.4) is 0 Å². The summed E-state index contributed by atoms with van der Waals surface area (Å²) < 4.78 is 77.3. The van der Waals surface area contributed by atoms with Gasteiger partial charge in [-0.3, -0.25) is 4.79 Å². The fraction of sp³-hybridized carbons (Fsp3) is 0.111. The van der Waals surface area contributed by atoms with Gasteiger partial charge in [0.15, 0.2) is 0 Å². The van der Waals surface area contributed by atoms with Crippen molar-refractivity contribution in [2.45, 2.75) is 12.4 Å². The molecular weight excluding hydrogens is 392 g/mol. The maximum atomic E-state index is 12.9. The summed E-state index contributed by atoms with van der Waals surface area (Å²) in [4.78, 5) is 23.3. The van der Waals surface area contributed by atoms with Crippen LogP contribution >= 0.6 is 0 Å². The summed E-state index contributed by atoms with van der Waals surface area (Å²) in [5, 5.41) is 11.1. The summed E-state index contributed by atoms with van der Waals surface area (Å²) in [6.45, 7) is 0. The van der Waals surface area contributed by atoms with Crippen LogP contribution in [0.25, 0.3) is 6.08 Å². The van der Waals surface area contributed by atoms with E-state index in [1.54, 1.807) is 6.07 Å². The predicted molar refractivity (Wildman–Crippen MR) is 86.0 cm³/mol. The van der Waals surface area contributed by atoms with Crippen molar-refractivity contribution >= 4 is 18.0 Å². The molecule has 28 heavy (non-hydrogen) atoms. The first-order valence-corrected chi connectivity index (χ1v) is 7.49. The van der Waals surface area contributed by atoms with Crippen molar-refractivity contribution in [2.24, 2.45) is 0 Å².